The normalized spacial score (nSPS) is 10.4. The van der Waals surface area contributed by atoms with Crippen molar-refractivity contribution in [2.75, 3.05) is 17.3 Å². The van der Waals surface area contributed by atoms with E-state index in [0.717, 1.165) is 23.8 Å². The van der Waals surface area contributed by atoms with Gasteiger partial charge < -0.3 is 10.7 Å². The molecule has 0 saturated carbocycles. The fourth-order valence-electron chi connectivity index (χ4n) is 1.70. The second kappa shape index (κ2) is 7.06. The number of nitrogen functional groups attached to an aromatic ring is 1. The Morgan fingerprint density at radius 1 is 1.06 bits per heavy atom. The summed E-state index contributed by atoms with van der Waals surface area (Å²) in [5, 5.41) is 3.34. The van der Waals surface area contributed by atoms with Gasteiger partial charge in [0.25, 0.3) is 0 Å². The number of rotatable bonds is 7. The Morgan fingerprint density at radius 3 is 2.41 bits per heavy atom. The van der Waals surface area contributed by atoms with Crippen LogP contribution in [0.15, 0.2) is 0 Å². The van der Waals surface area contributed by atoms with Crippen LogP contribution in [0.1, 0.15) is 44.0 Å². The van der Waals surface area contributed by atoms with Gasteiger partial charge >= 0.3 is 0 Å². The summed E-state index contributed by atoms with van der Waals surface area (Å²) in [6.07, 6.45) is 4.97. The van der Waals surface area contributed by atoms with E-state index in [2.05, 4.69) is 27.6 Å². The van der Waals surface area contributed by atoms with Gasteiger partial charge in [0.1, 0.15) is 17.5 Å². The number of aromatic nitrogens is 2. The first-order valence-electron chi connectivity index (χ1n) is 6.24. The van der Waals surface area contributed by atoms with E-state index in [9.17, 15) is 0 Å². The molecule has 0 aromatic carbocycles. The van der Waals surface area contributed by atoms with Gasteiger partial charge in [-0.25, -0.2) is 15.8 Å². The van der Waals surface area contributed by atoms with Crippen LogP contribution in [0.3, 0.4) is 0 Å². The van der Waals surface area contributed by atoms with Crippen molar-refractivity contribution in [3.8, 4) is 0 Å². The molecule has 1 aromatic rings. The van der Waals surface area contributed by atoms with E-state index in [1.165, 1.54) is 25.7 Å². The number of hydrogen-bond acceptors (Lipinski definition) is 5. The Morgan fingerprint density at radius 2 is 1.76 bits per heavy atom. The third-order valence-corrected chi connectivity index (χ3v) is 2.72. The molecule has 0 aliphatic rings. The van der Waals surface area contributed by atoms with Crippen molar-refractivity contribution in [2.24, 2.45) is 5.84 Å². The van der Waals surface area contributed by atoms with Gasteiger partial charge in [0.05, 0.1) is 0 Å². The minimum absolute atomic E-state index is 0.688. The average Bonchev–Trinajstić information content (AvgIpc) is 2.32. The zero-order chi connectivity index (χ0) is 12.7. The van der Waals surface area contributed by atoms with Gasteiger partial charge in [-0.3, -0.25) is 0 Å². The molecule has 4 N–H and O–H groups in total. The molecule has 5 heteroatoms. The maximum Gasteiger partial charge on any atom is 0.148 e. The summed E-state index contributed by atoms with van der Waals surface area (Å²) in [6.45, 7) is 6.98. The lowest BCUT2D eigenvalue weighted by atomic mass is 10.2. The molecule has 96 valence electrons. The second-order valence-electron chi connectivity index (χ2n) is 4.22. The highest BCUT2D eigenvalue weighted by atomic mass is 15.3. The molecule has 0 saturated heterocycles. The lowest BCUT2D eigenvalue weighted by molar-refractivity contribution is 0.684. The first-order chi connectivity index (χ1) is 8.19. The predicted octanol–water partition coefficient (Wildman–Crippen LogP) is 2.37. The Kier molecular flexibility index (Phi) is 5.69. The summed E-state index contributed by atoms with van der Waals surface area (Å²) in [6, 6.07) is 0. The van der Waals surface area contributed by atoms with E-state index < -0.39 is 0 Å². The summed E-state index contributed by atoms with van der Waals surface area (Å²) in [4.78, 5) is 8.60. The first-order valence-corrected chi connectivity index (χ1v) is 6.24. The zero-order valence-electron chi connectivity index (χ0n) is 11.0. The van der Waals surface area contributed by atoms with Crippen LogP contribution in [0.25, 0.3) is 0 Å². The lowest BCUT2D eigenvalue weighted by Gasteiger charge is -2.12. The predicted molar refractivity (Wildman–Crippen MR) is 71.9 cm³/mol. The number of nitrogens with one attached hydrogen (secondary N) is 2. The number of hydrogen-bond donors (Lipinski definition) is 3. The highest BCUT2D eigenvalue weighted by molar-refractivity contribution is 5.56. The van der Waals surface area contributed by atoms with Crippen LogP contribution < -0.4 is 16.6 Å². The van der Waals surface area contributed by atoms with E-state index in [1.807, 2.05) is 13.8 Å². The zero-order valence-corrected chi connectivity index (χ0v) is 11.0. The van der Waals surface area contributed by atoms with E-state index in [0.29, 0.717) is 5.82 Å². The van der Waals surface area contributed by atoms with Gasteiger partial charge in [-0.15, -0.1) is 0 Å². The van der Waals surface area contributed by atoms with Crippen LogP contribution in [0, 0.1) is 13.8 Å². The van der Waals surface area contributed by atoms with E-state index in [-0.39, 0.29) is 0 Å². The lowest BCUT2D eigenvalue weighted by Crippen LogP contribution is -2.14. The molecule has 0 radical (unpaired) electrons. The second-order valence-corrected chi connectivity index (χ2v) is 4.22. The molecule has 17 heavy (non-hydrogen) atoms. The minimum atomic E-state index is 0.688. The molecule has 0 aliphatic carbocycles. The van der Waals surface area contributed by atoms with Gasteiger partial charge in [-0.05, 0) is 20.3 Å². The Labute approximate surface area is 103 Å². The van der Waals surface area contributed by atoms with Gasteiger partial charge in [-0.2, -0.15) is 0 Å². The number of hydrazine groups is 1. The van der Waals surface area contributed by atoms with Crippen LogP contribution in [0.5, 0.6) is 0 Å². The van der Waals surface area contributed by atoms with Gasteiger partial charge in [0.15, 0.2) is 0 Å². The maximum absolute atomic E-state index is 5.41. The number of unbranched alkanes of at least 4 members (excludes halogenated alkanes) is 3. The summed E-state index contributed by atoms with van der Waals surface area (Å²) in [5.74, 6) is 7.70. The van der Waals surface area contributed by atoms with Crippen LogP contribution in [-0.4, -0.2) is 16.5 Å². The first kappa shape index (κ1) is 13.7. The minimum Gasteiger partial charge on any atom is -0.370 e. The van der Waals surface area contributed by atoms with Gasteiger partial charge in [0, 0.05) is 12.1 Å². The molecule has 0 atom stereocenters. The van der Waals surface area contributed by atoms with Gasteiger partial charge in [0.2, 0.25) is 0 Å². The van der Waals surface area contributed by atoms with Gasteiger partial charge in [-0.1, -0.05) is 26.2 Å². The topological polar surface area (TPSA) is 75.9 Å². The van der Waals surface area contributed by atoms with Crippen molar-refractivity contribution in [2.45, 2.75) is 46.5 Å². The monoisotopic (exact) mass is 237 g/mol. The van der Waals surface area contributed by atoms with Crippen molar-refractivity contribution in [3.05, 3.63) is 11.4 Å². The fraction of sp³-hybridized carbons (Fsp3) is 0.667. The fourth-order valence-corrected chi connectivity index (χ4v) is 1.70. The van der Waals surface area contributed by atoms with Crippen LogP contribution >= 0.6 is 0 Å². The van der Waals surface area contributed by atoms with Crippen molar-refractivity contribution in [1.29, 1.82) is 0 Å². The molecule has 0 aliphatic heterocycles. The molecule has 1 rings (SSSR count). The summed E-state index contributed by atoms with van der Waals surface area (Å²) in [5.41, 5.74) is 3.56. The SMILES string of the molecule is CCCCCCNc1nc(C)nc(NN)c1C. The Balaban J connectivity index is 2.55. The standard InChI is InChI=1S/C12H23N5/c1-4-5-6-7-8-14-11-9(2)12(17-13)16-10(3)15-11/h4-8,13H2,1-3H3,(H2,14,15,16,17). The molecule has 0 amide bonds. The molecular formula is C12H23N5. The van der Waals surface area contributed by atoms with Crippen molar-refractivity contribution in [1.82, 2.24) is 9.97 Å². The molecule has 0 unspecified atom stereocenters. The smallest absolute Gasteiger partial charge is 0.148 e. The van der Waals surface area contributed by atoms with E-state index in [4.69, 9.17) is 5.84 Å². The number of aryl methyl sites for hydroxylation is 1. The molecule has 0 fully saturated rings. The number of nitrogens with zero attached hydrogens (tertiary/aromatic N) is 2. The molecule has 1 heterocycles. The third kappa shape index (κ3) is 4.19. The molecule has 5 nitrogen and oxygen atoms in total. The largest absolute Gasteiger partial charge is 0.370 e. The van der Waals surface area contributed by atoms with Crippen molar-refractivity contribution >= 4 is 11.6 Å². The van der Waals surface area contributed by atoms with Crippen LogP contribution in [0.4, 0.5) is 11.6 Å². The molecule has 0 spiro atoms. The quantitative estimate of drug-likeness (QED) is 0.385. The third-order valence-electron chi connectivity index (χ3n) is 2.72. The highest BCUT2D eigenvalue weighted by Crippen LogP contribution is 2.18. The summed E-state index contributed by atoms with van der Waals surface area (Å²) < 4.78 is 0. The molecule has 0 bridgehead atoms. The Bertz CT molecular complexity index is 351. The van der Waals surface area contributed by atoms with E-state index >= 15 is 0 Å². The van der Waals surface area contributed by atoms with Crippen LogP contribution in [-0.2, 0) is 0 Å². The highest BCUT2D eigenvalue weighted by Gasteiger charge is 2.07. The van der Waals surface area contributed by atoms with Crippen molar-refractivity contribution < 1.29 is 0 Å². The van der Waals surface area contributed by atoms with Crippen LogP contribution in [0.2, 0.25) is 0 Å². The van der Waals surface area contributed by atoms with Crippen molar-refractivity contribution in [3.63, 3.8) is 0 Å². The van der Waals surface area contributed by atoms with E-state index in [1.54, 1.807) is 0 Å². The average molecular weight is 237 g/mol. The summed E-state index contributed by atoms with van der Waals surface area (Å²) >= 11 is 0. The Hall–Kier alpha value is -1.36. The number of nitrogens with two attached hydrogens (primary N) is 1. The summed E-state index contributed by atoms with van der Waals surface area (Å²) in [7, 11) is 0. The molecular weight excluding hydrogens is 214 g/mol. The maximum atomic E-state index is 5.41. The number of anilines is 2. The molecule has 1 aromatic heterocycles.